The molecular formula is C2H18N9O18P9. The van der Waals surface area contributed by atoms with E-state index in [-0.39, 0.29) is 0 Å². The SMILES string of the molecule is OP1(O)=NP(O)(O)=NP(O)(OCOP2(O)=NP(O)(O)=NP(O)(OCOP3(O)=NP(O)(O)=NP(O)(O)=N3)=N2)=N1. The van der Waals surface area contributed by atoms with Gasteiger partial charge in [-0.1, -0.05) is 0 Å². The van der Waals surface area contributed by atoms with Gasteiger partial charge in [-0.15, -0.1) is 40.6 Å². The summed E-state index contributed by atoms with van der Waals surface area (Å²) in [5.41, 5.74) is 0. The molecule has 4 unspecified atom stereocenters. The van der Waals surface area contributed by atoms with Gasteiger partial charge in [-0.2, -0.15) is 0 Å². The first kappa shape index (κ1) is 33.8. The van der Waals surface area contributed by atoms with E-state index in [0.29, 0.717) is 0 Å². The molecule has 0 saturated heterocycles. The van der Waals surface area contributed by atoms with Crippen LogP contribution in [0.2, 0.25) is 0 Å². The van der Waals surface area contributed by atoms with Gasteiger partial charge < -0.3 is 68.5 Å². The molecule has 0 amide bonds. The fraction of sp³-hybridized carbons (Fsp3) is 1.00. The predicted molar refractivity (Wildman–Crippen MR) is 129 cm³/mol. The van der Waals surface area contributed by atoms with Gasteiger partial charge in [0, 0.05) is 0 Å². The summed E-state index contributed by atoms with van der Waals surface area (Å²) in [7, 11) is -43.4. The fourth-order valence-electron chi connectivity index (χ4n) is 2.11. The molecule has 3 heterocycles. The third kappa shape index (κ3) is 9.69. The molecule has 0 aliphatic carbocycles. The molecule has 0 aromatic carbocycles. The molecule has 3 rings (SSSR count). The van der Waals surface area contributed by atoms with Gasteiger partial charge in [-0.25, -0.2) is 0 Å². The van der Waals surface area contributed by atoms with E-state index >= 15 is 0 Å². The number of rotatable bonds is 8. The van der Waals surface area contributed by atoms with Crippen molar-refractivity contribution < 1.29 is 86.6 Å². The Bertz CT molecular complexity index is 1420. The second-order valence-electron chi connectivity index (χ2n) is 6.29. The third-order valence-corrected chi connectivity index (χ3v) is 21.9. The van der Waals surface area contributed by atoms with Gasteiger partial charge in [0.15, 0.2) is 13.6 Å². The molecule has 0 fully saturated rings. The van der Waals surface area contributed by atoms with Crippen LogP contribution in [0.4, 0.5) is 0 Å². The predicted octanol–water partition coefficient (Wildman–Crippen LogP) is 1.42. The lowest BCUT2D eigenvalue weighted by molar-refractivity contribution is 0.112. The van der Waals surface area contributed by atoms with Gasteiger partial charge in [0.1, 0.15) is 0 Å². The van der Waals surface area contributed by atoms with Gasteiger partial charge in [-0.05, 0) is 0 Å². The van der Waals surface area contributed by atoms with Gasteiger partial charge in [0.2, 0.25) is 0 Å². The largest absolute Gasteiger partial charge is 0.348 e. The Morgan fingerprint density at radius 2 is 0.500 bits per heavy atom. The van der Waals surface area contributed by atoms with Crippen molar-refractivity contribution in [3.05, 3.63) is 0 Å². The Kier molecular flexibility index (Phi) is 9.63. The lowest BCUT2D eigenvalue weighted by Crippen LogP contribution is -2.01. The van der Waals surface area contributed by atoms with Gasteiger partial charge >= 0.3 is 68.9 Å². The molecule has 0 spiro atoms. The second kappa shape index (κ2) is 10.8. The Hall–Kier alpha value is 1.35. The van der Waals surface area contributed by atoms with Crippen molar-refractivity contribution in [1.29, 1.82) is 0 Å². The van der Waals surface area contributed by atoms with Crippen LogP contribution in [0.15, 0.2) is 40.6 Å². The zero-order chi connectivity index (χ0) is 29.1. The van der Waals surface area contributed by atoms with E-state index in [9.17, 15) is 68.5 Å². The van der Waals surface area contributed by atoms with Crippen molar-refractivity contribution in [2.24, 2.45) is 40.6 Å². The molecule has 0 bridgehead atoms. The summed E-state index contributed by atoms with van der Waals surface area (Å²) in [4.78, 5) is 136. The van der Waals surface area contributed by atoms with E-state index in [0.717, 1.165) is 0 Å². The number of hydrogen-bond donors (Lipinski definition) is 14. The highest BCUT2D eigenvalue weighted by Gasteiger charge is 2.39. The maximum atomic E-state index is 10.4. The summed E-state index contributed by atoms with van der Waals surface area (Å²) >= 11 is 0. The average Bonchev–Trinajstić information content (AvgIpc) is 2.51. The summed E-state index contributed by atoms with van der Waals surface area (Å²) in [6.07, 6.45) is 0. The van der Waals surface area contributed by atoms with Crippen molar-refractivity contribution in [3.8, 4) is 0 Å². The lowest BCUT2D eigenvalue weighted by atomic mass is 11.6. The van der Waals surface area contributed by atoms with Gasteiger partial charge in [-0.3, -0.25) is 18.1 Å². The minimum Gasteiger partial charge on any atom is -0.322 e. The first-order valence-corrected chi connectivity index (χ1v) is 22.5. The Labute approximate surface area is 210 Å². The highest BCUT2D eigenvalue weighted by molar-refractivity contribution is 7.78. The molecule has 0 aromatic rings. The Balaban J connectivity index is 1.80. The maximum Gasteiger partial charge on any atom is 0.348 e. The van der Waals surface area contributed by atoms with E-state index < -0.39 is 82.5 Å². The van der Waals surface area contributed by atoms with Gasteiger partial charge in [0.05, 0.1) is 0 Å². The van der Waals surface area contributed by atoms with Crippen LogP contribution in [0.5, 0.6) is 0 Å². The molecule has 224 valence electrons. The fourth-order valence-corrected chi connectivity index (χ4v) is 20.2. The van der Waals surface area contributed by atoms with E-state index in [4.69, 9.17) is 0 Å². The summed E-state index contributed by atoms with van der Waals surface area (Å²) < 4.78 is 45.0. The minimum absolute atomic E-state index is 1.41. The monoisotopic (exact) mass is 735 g/mol. The van der Waals surface area contributed by atoms with E-state index in [1.807, 2.05) is 0 Å². The van der Waals surface area contributed by atoms with Crippen molar-refractivity contribution in [2.45, 2.75) is 0 Å². The highest BCUT2D eigenvalue weighted by Crippen LogP contribution is 2.76. The van der Waals surface area contributed by atoms with E-state index in [1.165, 1.54) is 0 Å². The van der Waals surface area contributed by atoms with Crippen LogP contribution in [0.25, 0.3) is 0 Å². The van der Waals surface area contributed by atoms with Crippen molar-refractivity contribution >= 4 is 68.9 Å². The summed E-state index contributed by atoms with van der Waals surface area (Å²) in [6, 6.07) is 0. The van der Waals surface area contributed by atoms with E-state index in [2.05, 4.69) is 58.7 Å². The Morgan fingerprint density at radius 3 is 0.789 bits per heavy atom. The lowest BCUT2D eigenvalue weighted by Gasteiger charge is -2.26. The smallest absolute Gasteiger partial charge is 0.322 e. The van der Waals surface area contributed by atoms with Crippen LogP contribution >= 0.6 is 68.9 Å². The highest BCUT2D eigenvalue weighted by atomic mass is 31.3. The molecule has 3 aliphatic heterocycles. The molecule has 4 atom stereocenters. The normalized spacial score (nSPS) is 39.6. The van der Waals surface area contributed by atoms with Crippen LogP contribution in [-0.2, 0) is 18.1 Å². The summed E-state index contributed by atoms with van der Waals surface area (Å²) in [6.45, 7) is -2.82. The van der Waals surface area contributed by atoms with Gasteiger partial charge in [0.25, 0.3) is 0 Å². The minimum atomic E-state index is -4.98. The Morgan fingerprint density at radius 1 is 0.289 bits per heavy atom. The van der Waals surface area contributed by atoms with Crippen molar-refractivity contribution in [3.63, 3.8) is 0 Å². The molecule has 3 aliphatic rings. The van der Waals surface area contributed by atoms with E-state index in [1.54, 1.807) is 0 Å². The molecular weight excluding hydrogens is 717 g/mol. The van der Waals surface area contributed by atoms with Crippen molar-refractivity contribution in [1.82, 2.24) is 0 Å². The standard InChI is InChI=1S/C2H18N9O18P9/c12-30(13)3-31(14,15)6-35(22,5-30)26-1-28-37(24)9-34(20,21)10-38(25,11-37)29-2-27-36(23)7-32(16,17)4-33(18,19)8-36/h12-25H,1-2H2. The summed E-state index contributed by atoms with van der Waals surface area (Å²) in [5, 5.41) is 0. The molecule has 0 saturated carbocycles. The van der Waals surface area contributed by atoms with Crippen LogP contribution in [-0.4, -0.2) is 82.1 Å². The molecule has 27 nitrogen and oxygen atoms in total. The van der Waals surface area contributed by atoms with Crippen molar-refractivity contribution in [2.75, 3.05) is 13.6 Å². The summed E-state index contributed by atoms with van der Waals surface area (Å²) in [5.74, 6) is 0. The molecule has 0 aromatic heterocycles. The quantitative estimate of drug-likeness (QED) is 0.124. The van der Waals surface area contributed by atoms with Crippen LogP contribution < -0.4 is 0 Å². The van der Waals surface area contributed by atoms with Crippen LogP contribution in [0.1, 0.15) is 0 Å². The average molecular weight is 735 g/mol. The number of hydrogen-bond acceptors (Lipinski definition) is 13. The maximum absolute atomic E-state index is 10.4. The molecule has 36 heteroatoms. The molecule has 0 radical (unpaired) electrons. The second-order valence-corrected chi connectivity index (χ2v) is 23.2. The number of nitrogens with zero attached hydrogens (tertiary/aromatic N) is 9. The first-order chi connectivity index (χ1) is 16.8. The first-order valence-electron chi connectivity index (χ1n) is 8.28. The van der Waals surface area contributed by atoms with Crippen LogP contribution in [0.3, 0.4) is 0 Å². The third-order valence-electron chi connectivity index (χ3n) is 3.04. The molecule has 38 heavy (non-hydrogen) atoms. The molecule has 14 N–H and O–H groups in total. The topological polar surface area (TPSA) is 431 Å². The zero-order valence-corrected chi connectivity index (χ0v) is 25.4. The van der Waals surface area contributed by atoms with Crippen LogP contribution in [0, 0.1) is 0 Å². The zero-order valence-electron chi connectivity index (χ0n) is 17.4.